The second kappa shape index (κ2) is 10.7. The highest BCUT2D eigenvalue weighted by Crippen LogP contribution is 2.30. The number of hydrogen-bond acceptors (Lipinski definition) is 6. The van der Waals surface area contributed by atoms with E-state index in [0.29, 0.717) is 18.5 Å². The molecular weight excluding hydrogens is 448 g/mol. The fourth-order valence-corrected chi connectivity index (χ4v) is 4.92. The van der Waals surface area contributed by atoms with Crippen LogP contribution in [0.2, 0.25) is 0 Å². The first kappa shape index (κ1) is 24.3. The number of rotatable bonds is 7. The van der Waals surface area contributed by atoms with Crippen molar-refractivity contribution in [2.45, 2.75) is 58.2 Å². The van der Waals surface area contributed by atoms with Gasteiger partial charge in [-0.15, -0.1) is 0 Å². The predicted octanol–water partition coefficient (Wildman–Crippen LogP) is 5.04. The third-order valence-corrected chi connectivity index (χ3v) is 6.92. The second-order valence-corrected chi connectivity index (χ2v) is 10.0. The summed E-state index contributed by atoms with van der Waals surface area (Å²) in [5, 5.41) is 14.7. The van der Waals surface area contributed by atoms with Gasteiger partial charge in [-0.25, -0.2) is 0 Å². The van der Waals surface area contributed by atoms with Gasteiger partial charge in [-0.3, -0.25) is 19.6 Å². The van der Waals surface area contributed by atoms with E-state index in [1.807, 2.05) is 48.9 Å². The molecule has 4 aromatic heterocycles. The normalized spacial score (nSPS) is 15.9. The van der Waals surface area contributed by atoms with Gasteiger partial charge in [-0.1, -0.05) is 6.07 Å². The third kappa shape index (κ3) is 5.53. The molecule has 4 aromatic rings. The highest BCUT2D eigenvalue weighted by atomic mass is 16.3. The molecule has 1 saturated heterocycles. The van der Waals surface area contributed by atoms with E-state index in [1.54, 1.807) is 13.1 Å². The van der Waals surface area contributed by atoms with Crippen molar-refractivity contribution in [2.24, 2.45) is 0 Å². The van der Waals surface area contributed by atoms with Crippen molar-refractivity contribution in [3.63, 3.8) is 0 Å². The van der Waals surface area contributed by atoms with Crippen LogP contribution in [0.15, 0.2) is 67.4 Å². The van der Waals surface area contributed by atoms with E-state index in [9.17, 15) is 5.11 Å². The van der Waals surface area contributed by atoms with Crippen LogP contribution in [-0.4, -0.2) is 60.0 Å². The third-order valence-electron chi connectivity index (χ3n) is 6.92. The standard InChI is InChI=1S/C29H34N6O/c1-20(2)34-10-7-27(8-11-34)35-19-25(18-32-35)24-13-23(16-30-17-24)22-14-26(12-21(3)36)33-29(15-22)28-6-4-5-9-31-28/h4-6,9,13-21,27,36H,7-8,10-12H2,1-3H3. The quantitative estimate of drug-likeness (QED) is 0.398. The van der Waals surface area contributed by atoms with Gasteiger partial charge in [0.05, 0.1) is 29.7 Å². The molecule has 1 fully saturated rings. The Morgan fingerprint density at radius 2 is 1.69 bits per heavy atom. The van der Waals surface area contributed by atoms with Crippen molar-refractivity contribution in [1.82, 2.24) is 29.6 Å². The lowest BCUT2D eigenvalue weighted by Crippen LogP contribution is -2.39. The molecule has 1 atom stereocenters. The molecule has 0 bridgehead atoms. The van der Waals surface area contributed by atoms with Crippen LogP contribution in [0.4, 0.5) is 0 Å². The molecule has 0 amide bonds. The minimum Gasteiger partial charge on any atom is -0.393 e. The number of pyridine rings is 3. The first-order valence-corrected chi connectivity index (χ1v) is 12.8. The van der Waals surface area contributed by atoms with E-state index >= 15 is 0 Å². The Morgan fingerprint density at radius 1 is 0.917 bits per heavy atom. The summed E-state index contributed by atoms with van der Waals surface area (Å²) in [4.78, 5) is 16.3. The number of aliphatic hydroxyl groups excluding tert-OH is 1. The number of aliphatic hydroxyl groups is 1. The smallest absolute Gasteiger partial charge is 0.0895 e. The molecular formula is C29H34N6O. The number of piperidine rings is 1. The second-order valence-electron chi connectivity index (χ2n) is 10.0. The topological polar surface area (TPSA) is 80.0 Å². The summed E-state index contributed by atoms with van der Waals surface area (Å²) in [7, 11) is 0. The SMILES string of the molecule is CC(O)Cc1cc(-c2cncc(-c3cnn(C4CCN(C(C)C)CC4)c3)c2)cc(-c2ccccn2)n1. The zero-order valence-electron chi connectivity index (χ0n) is 21.2. The highest BCUT2D eigenvalue weighted by molar-refractivity contribution is 5.74. The Morgan fingerprint density at radius 3 is 2.39 bits per heavy atom. The molecule has 1 unspecified atom stereocenters. The van der Waals surface area contributed by atoms with Crippen LogP contribution in [0.3, 0.4) is 0 Å². The summed E-state index contributed by atoms with van der Waals surface area (Å²) in [6, 6.07) is 13.1. The van der Waals surface area contributed by atoms with Gasteiger partial charge < -0.3 is 10.0 Å². The van der Waals surface area contributed by atoms with E-state index in [2.05, 4.69) is 45.7 Å². The van der Waals surface area contributed by atoms with Crippen molar-refractivity contribution >= 4 is 0 Å². The maximum absolute atomic E-state index is 9.99. The predicted molar refractivity (Wildman–Crippen MR) is 142 cm³/mol. The number of aromatic nitrogens is 5. The summed E-state index contributed by atoms with van der Waals surface area (Å²) in [6.07, 6.45) is 11.9. The first-order valence-electron chi connectivity index (χ1n) is 12.8. The van der Waals surface area contributed by atoms with Crippen LogP contribution >= 0.6 is 0 Å². The molecule has 1 aliphatic heterocycles. The molecule has 5 rings (SSSR count). The van der Waals surface area contributed by atoms with Gasteiger partial charge in [0.15, 0.2) is 0 Å². The minimum absolute atomic E-state index is 0.439. The molecule has 1 N–H and O–H groups in total. The van der Waals surface area contributed by atoms with Crippen molar-refractivity contribution in [1.29, 1.82) is 0 Å². The van der Waals surface area contributed by atoms with Crippen molar-refractivity contribution in [3.8, 4) is 33.6 Å². The molecule has 0 aliphatic carbocycles. The Balaban J connectivity index is 1.42. The number of nitrogens with zero attached hydrogens (tertiary/aromatic N) is 6. The summed E-state index contributed by atoms with van der Waals surface area (Å²) in [5.74, 6) is 0. The molecule has 1 aliphatic rings. The van der Waals surface area contributed by atoms with Crippen molar-refractivity contribution in [3.05, 3.63) is 73.1 Å². The first-order chi connectivity index (χ1) is 17.5. The average molecular weight is 483 g/mol. The number of hydrogen-bond donors (Lipinski definition) is 1. The summed E-state index contributed by atoms with van der Waals surface area (Å²) in [5.41, 5.74) is 6.52. The minimum atomic E-state index is -0.480. The zero-order chi connectivity index (χ0) is 25.1. The maximum Gasteiger partial charge on any atom is 0.0895 e. The molecule has 186 valence electrons. The molecule has 0 saturated carbocycles. The Labute approximate surface area is 212 Å². The van der Waals surface area contributed by atoms with Gasteiger partial charge in [0.25, 0.3) is 0 Å². The van der Waals surface area contributed by atoms with Crippen molar-refractivity contribution < 1.29 is 5.11 Å². The molecule has 0 aromatic carbocycles. The van der Waals surface area contributed by atoms with Crippen LogP contribution in [0.25, 0.3) is 33.6 Å². The van der Waals surface area contributed by atoms with Crippen LogP contribution in [0.5, 0.6) is 0 Å². The number of likely N-dealkylation sites (tertiary alicyclic amines) is 1. The molecule has 0 spiro atoms. The average Bonchev–Trinajstić information content (AvgIpc) is 3.39. The van der Waals surface area contributed by atoms with Crippen molar-refractivity contribution in [2.75, 3.05) is 13.1 Å². The van der Waals surface area contributed by atoms with E-state index in [0.717, 1.165) is 65.3 Å². The lowest BCUT2D eigenvalue weighted by Gasteiger charge is -2.34. The van der Waals surface area contributed by atoms with Gasteiger partial charge >= 0.3 is 0 Å². The molecule has 0 radical (unpaired) electrons. The van der Waals surface area contributed by atoms with Gasteiger partial charge in [-0.2, -0.15) is 5.10 Å². The molecule has 7 nitrogen and oxygen atoms in total. The zero-order valence-corrected chi connectivity index (χ0v) is 21.2. The van der Waals surface area contributed by atoms with Crippen LogP contribution in [0.1, 0.15) is 45.3 Å². The highest BCUT2D eigenvalue weighted by Gasteiger charge is 2.22. The Kier molecular flexibility index (Phi) is 7.20. The largest absolute Gasteiger partial charge is 0.393 e. The fourth-order valence-electron chi connectivity index (χ4n) is 4.92. The maximum atomic E-state index is 9.99. The lowest BCUT2D eigenvalue weighted by molar-refractivity contribution is 0.147. The van der Waals surface area contributed by atoms with Gasteiger partial charge in [-0.05, 0) is 69.5 Å². The van der Waals surface area contributed by atoms with Crippen LogP contribution < -0.4 is 0 Å². The lowest BCUT2D eigenvalue weighted by atomic mass is 10.0. The monoisotopic (exact) mass is 482 g/mol. The van der Waals surface area contributed by atoms with E-state index in [4.69, 9.17) is 10.1 Å². The van der Waals surface area contributed by atoms with E-state index in [1.165, 1.54) is 0 Å². The van der Waals surface area contributed by atoms with Gasteiger partial charge in [0.1, 0.15) is 0 Å². The summed E-state index contributed by atoms with van der Waals surface area (Å²) < 4.78 is 2.13. The Bertz CT molecular complexity index is 1290. The fraction of sp³-hybridized carbons (Fsp3) is 0.379. The molecule has 7 heteroatoms. The molecule has 36 heavy (non-hydrogen) atoms. The summed E-state index contributed by atoms with van der Waals surface area (Å²) >= 11 is 0. The summed E-state index contributed by atoms with van der Waals surface area (Å²) in [6.45, 7) is 8.54. The van der Waals surface area contributed by atoms with Crippen LogP contribution in [0, 0.1) is 0 Å². The van der Waals surface area contributed by atoms with Crippen LogP contribution in [-0.2, 0) is 6.42 Å². The Hall–Kier alpha value is -3.42. The van der Waals surface area contributed by atoms with E-state index < -0.39 is 6.10 Å². The van der Waals surface area contributed by atoms with E-state index in [-0.39, 0.29) is 0 Å². The van der Waals surface area contributed by atoms with Gasteiger partial charge in [0, 0.05) is 72.7 Å². The van der Waals surface area contributed by atoms with Gasteiger partial charge in [0.2, 0.25) is 0 Å². The molecule has 5 heterocycles.